The molecule has 0 aliphatic carbocycles. The maximum atomic E-state index is 13.5. The maximum absolute atomic E-state index is 13.5. The van der Waals surface area contributed by atoms with Gasteiger partial charge in [0.1, 0.15) is 5.58 Å². The molecule has 0 N–H and O–H groups in total. The Morgan fingerprint density at radius 1 is 1.08 bits per heavy atom. The summed E-state index contributed by atoms with van der Waals surface area (Å²) in [6.07, 6.45) is 1.58. The maximum Gasteiger partial charge on any atom is 0.282 e. The molecule has 0 radical (unpaired) electrons. The second kappa shape index (κ2) is 9.99. The van der Waals surface area contributed by atoms with Crippen molar-refractivity contribution in [3.8, 4) is 23.1 Å². The number of rotatable bonds is 7. The van der Waals surface area contributed by atoms with Crippen molar-refractivity contribution in [2.75, 3.05) is 6.61 Å². The van der Waals surface area contributed by atoms with Gasteiger partial charge in [0.05, 0.1) is 29.8 Å². The lowest BCUT2D eigenvalue weighted by atomic mass is 10.2. The molecule has 0 amide bonds. The Balaban J connectivity index is 1.66. The highest BCUT2D eigenvalue weighted by molar-refractivity contribution is 9.10. The fraction of sp³-hybridized carbons (Fsp3) is 0.179. The van der Waals surface area contributed by atoms with E-state index in [0.29, 0.717) is 51.7 Å². The second-order valence-corrected chi connectivity index (χ2v) is 9.24. The van der Waals surface area contributed by atoms with E-state index >= 15 is 0 Å². The van der Waals surface area contributed by atoms with E-state index in [0.717, 1.165) is 9.86 Å². The van der Waals surface area contributed by atoms with Gasteiger partial charge in [0.2, 0.25) is 5.82 Å². The van der Waals surface area contributed by atoms with Gasteiger partial charge in [-0.25, -0.2) is 4.98 Å². The van der Waals surface area contributed by atoms with E-state index in [-0.39, 0.29) is 11.7 Å². The second-order valence-electron chi connectivity index (χ2n) is 8.38. The quantitative estimate of drug-likeness (QED) is 0.214. The van der Waals surface area contributed by atoms with Crippen LogP contribution in [0, 0.1) is 0 Å². The molecule has 0 aliphatic rings. The van der Waals surface area contributed by atoms with Gasteiger partial charge in [0.15, 0.2) is 17.3 Å². The zero-order valence-corrected chi connectivity index (χ0v) is 21.7. The number of hydrogen-bond acceptors (Lipinski definition) is 6. The third-order valence-corrected chi connectivity index (χ3v) is 6.12. The summed E-state index contributed by atoms with van der Waals surface area (Å²) in [7, 11) is 0. The average molecular weight is 546 g/mol. The molecule has 7 nitrogen and oxygen atoms in total. The number of aromatic nitrogens is 2. The summed E-state index contributed by atoms with van der Waals surface area (Å²) in [6, 6.07) is 20.4. The van der Waals surface area contributed by atoms with Crippen molar-refractivity contribution in [2.45, 2.75) is 26.9 Å². The Morgan fingerprint density at radius 2 is 1.86 bits per heavy atom. The van der Waals surface area contributed by atoms with Gasteiger partial charge >= 0.3 is 0 Å². The molecule has 5 rings (SSSR count). The van der Waals surface area contributed by atoms with Crippen molar-refractivity contribution >= 4 is 44.0 Å². The number of benzene rings is 3. The molecule has 182 valence electrons. The van der Waals surface area contributed by atoms with Crippen LogP contribution < -0.4 is 15.0 Å². The summed E-state index contributed by atoms with van der Waals surface area (Å²) in [5, 5.41) is 5.93. The molecule has 0 bridgehead atoms. The number of nitrogens with zero attached hydrogens (tertiary/aromatic N) is 3. The van der Waals surface area contributed by atoms with Crippen LogP contribution in [0.3, 0.4) is 0 Å². The highest BCUT2D eigenvalue weighted by atomic mass is 79.9. The third kappa shape index (κ3) is 4.64. The number of ether oxygens (including phenoxy) is 2. The number of para-hydroxylation sites is 2. The minimum absolute atomic E-state index is 0.00996. The van der Waals surface area contributed by atoms with Crippen LogP contribution >= 0.6 is 15.9 Å². The summed E-state index contributed by atoms with van der Waals surface area (Å²) in [5.74, 6) is 1.98. The summed E-state index contributed by atoms with van der Waals surface area (Å²) in [6.45, 7) is 6.31. The average Bonchev–Trinajstić information content (AvgIpc) is 3.29. The van der Waals surface area contributed by atoms with Gasteiger partial charge in [-0.3, -0.25) is 4.79 Å². The first-order chi connectivity index (χ1) is 17.4. The van der Waals surface area contributed by atoms with Crippen molar-refractivity contribution < 1.29 is 13.9 Å². The smallest absolute Gasteiger partial charge is 0.282 e. The normalized spacial score (nSPS) is 11.7. The van der Waals surface area contributed by atoms with Crippen LogP contribution in [-0.4, -0.2) is 28.6 Å². The molecule has 8 heteroatoms. The topological polar surface area (TPSA) is 78.9 Å². The van der Waals surface area contributed by atoms with Gasteiger partial charge in [-0.05, 0) is 73.1 Å². The summed E-state index contributed by atoms with van der Waals surface area (Å²) < 4.78 is 19.7. The molecule has 0 fully saturated rings. The van der Waals surface area contributed by atoms with Crippen LogP contribution in [-0.2, 0) is 0 Å². The predicted octanol–water partition coefficient (Wildman–Crippen LogP) is 6.64. The minimum atomic E-state index is -0.298. The van der Waals surface area contributed by atoms with Crippen molar-refractivity contribution in [1.29, 1.82) is 0 Å². The zero-order valence-electron chi connectivity index (χ0n) is 20.1. The molecule has 0 spiro atoms. The van der Waals surface area contributed by atoms with Crippen molar-refractivity contribution in [3.05, 3.63) is 87.1 Å². The van der Waals surface area contributed by atoms with Crippen LogP contribution in [0.2, 0.25) is 0 Å². The van der Waals surface area contributed by atoms with Crippen LogP contribution in [0.4, 0.5) is 0 Å². The fourth-order valence-corrected chi connectivity index (χ4v) is 4.29. The molecule has 2 heterocycles. The third-order valence-electron chi connectivity index (χ3n) is 5.44. The van der Waals surface area contributed by atoms with E-state index in [9.17, 15) is 4.79 Å². The lowest BCUT2D eigenvalue weighted by Gasteiger charge is -2.16. The lowest BCUT2D eigenvalue weighted by Crippen LogP contribution is -2.20. The Kier molecular flexibility index (Phi) is 6.61. The fourth-order valence-electron chi connectivity index (χ4n) is 3.87. The molecular weight excluding hydrogens is 522 g/mol. The van der Waals surface area contributed by atoms with E-state index in [1.54, 1.807) is 24.4 Å². The van der Waals surface area contributed by atoms with Crippen molar-refractivity contribution in [3.63, 3.8) is 0 Å². The highest BCUT2D eigenvalue weighted by Gasteiger charge is 2.17. The Bertz CT molecular complexity index is 1620. The molecule has 0 saturated heterocycles. The van der Waals surface area contributed by atoms with E-state index in [1.165, 1.54) is 4.68 Å². The van der Waals surface area contributed by atoms with Gasteiger partial charge in [0.25, 0.3) is 5.56 Å². The van der Waals surface area contributed by atoms with Gasteiger partial charge in [-0.15, -0.1) is 0 Å². The first kappa shape index (κ1) is 23.8. The Morgan fingerprint density at radius 3 is 2.64 bits per heavy atom. The van der Waals surface area contributed by atoms with Gasteiger partial charge in [-0.2, -0.15) is 9.78 Å². The number of halogens is 1. The SMILES string of the molecule is CCOc1cc(C=Nn2c(-c3cc4ccccc4o3)nc3ccccc3c2=O)c(Br)cc1OC(C)C. The van der Waals surface area contributed by atoms with Crippen LogP contribution in [0.25, 0.3) is 33.5 Å². The molecule has 0 saturated carbocycles. The largest absolute Gasteiger partial charge is 0.490 e. The first-order valence-corrected chi connectivity index (χ1v) is 12.4. The minimum Gasteiger partial charge on any atom is -0.490 e. The van der Waals surface area contributed by atoms with Crippen molar-refractivity contribution in [1.82, 2.24) is 9.66 Å². The molecule has 0 aliphatic heterocycles. The highest BCUT2D eigenvalue weighted by Crippen LogP contribution is 2.34. The van der Waals surface area contributed by atoms with E-state index in [2.05, 4.69) is 21.0 Å². The molecule has 0 atom stereocenters. The summed E-state index contributed by atoms with van der Waals surface area (Å²) in [5.41, 5.74) is 1.69. The van der Waals surface area contributed by atoms with Crippen molar-refractivity contribution in [2.24, 2.45) is 5.10 Å². The molecular formula is C28H24BrN3O4. The predicted molar refractivity (Wildman–Crippen MR) is 145 cm³/mol. The number of furan rings is 1. The molecule has 5 aromatic rings. The van der Waals surface area contributed by atoms with Crippen LogP contribution in [0.5, 0.6) is 11.5 Å². The van der Waals surface area contributed by atoms with E-state index < -0.39 is 0 Å². The number of hydrogen-bond donors (Lipinski definition) is 0. The van der Waals surface area contributed by atoms with Crippen LogP contribution in [0.1, 0.15) is 26.3 Å². The zero-order chi connectivity index (χ0) is 25.2. The molecule has 3 aromatic carbocycles. The van der Waals surface area contributed by atoms with Gasteiger partial charge in [0, 0.05) is 15.4 Å². The van der Waals surface area contributed by atoms with E-state index in [4.69, 9.17) is 18.9 Å². The van der Waals surface area contributed by atoms with Gasteiger partial charge < -0.3 is 13.9 Å². The summed E-state index contributed by atoms with van der Waals surface area (Å²) in [4.78, 5) is 18.2. The number of fused-ring (bicyclic) bond motifs is 2. The van der Waals surface area contributed by atoms with E-state index in [1.807, 2.05) is 69.3 Å². The monoisotopic (exact) mass is 545 g/mol. The Labute approximate surface area is 216 Å². The molecule has 2 aromatic heterocycles. The van der Waals surface area contributed by atoms with Crippen LogP contribution in [0.15, 0.2) is 85.5 Å². The van der Waals surface area contributed by atoms with Gasteiger partial charge in [-0.1, -0.05) is 30.3 Å². The molecule has 36 heavy (non-hydrogen) atoms. The first-order valence-electron chi connectivity index (χ1n) is 11.6. The Hall–Kier alpha value is -3.91. The lowest BCUT2D eigenvalue weighted by molar-refractivity contribution is 0.223. The summed E-state index contributed by atoms with van der Waals surface area (Å²) >= 11 is 3.59. The standard InChI is InChI=1S/C28H24BrN3O4/c1-4-34-24-14-19(21(29)15-25(24)35-17(2)3)16-30-32-27(26-13-18-9-5-8-12-23(18)36-26)31-22-11-7-6-10-20(22)28(32)33/h5-17H,4H2,1-3H3. The molecule has 0 unspecified atom stereocenters.